The number of hydrogen-bond acceptors (Lipinski definition) is 1. The lowest BCUT2D eigenvalue weighted by molar-refractivity contribution is 0.739. The fraction of sp³-hybridized carbons (Fsp3) is 0.500. The molecule has 19 heavy (non-hydrogen) atoms. The first kappa shape index (κ1) is 16.6. The second-order valence-electron chi connectivity index (χ2n) is 4.61. The van der Waals surface area contributed by atoms with Crippen molar-refractivity contribution in [2.45, 2.75) is 26.3 Å². The molecule has 106 valence electrons. The summed E-state index contributed by atoms with van der Waals surface area (Å²) in [6, 6.07) is 7.83. The van der Waals surface area contributed by atoms with Gasteiger partial charge in [0.15, 0.2) is 5.96 Å². The van der Waals surface area contributed by atoms with E-state index in [1.807, 2.05) is 24.3 Å². The third-order valence-electron chi connectivity index (χ3n) is 2.96. The van der Waals surface area contributed by atoms with Crippen molar-refractivity contribution in [1.82, 2.24) is 10.6 Å². The fourth-order valence-electron chi connectivity index (χ4n) is 1.70. The van der Waals surface area contributed by atoms with Gasteiger partial charge in [-0.05, 0) is 37.3 Å². The van der Waals surface area contributed by atoms with E-state index in [-0.39, 0.29) is 24.0 Å². The molecule has 0 heterocycles. The van der Waals surface area contributed by atoms with E-state index in [0.717, 1.165) is 35.6 Å². The number of guanidine groups is 1. The Hall–Kier alpha value is -0.490. The molecule has 1 aliphatic carbocycles. The minimum atomic E-state index is 0. The molecule has 2 rings (SSSR count). The third kappa shape index (κ3) is 5.99. The van der Waals surface area contributed by atoms with Gasteiger partial charge in [0.05, 0.1) is 6.54 Å². The highest BCUT2D eigenvalue weighted by atomic mass is 127. The number of hydrogen-bond donors (Lipinski definition) is 2. The molecular weight excluding hydrogens is 373 g/mol. The van der Waals surface area contributed by atoms with E-state index in [1.165, 1.54) is 12.8 Å². The number of rotatable bonds is 5. The Morgan fingerprint density at radius 2 is 2.05 bits per heavy atom. The highest BCUT2D eigenvalue weighted by Crippen LogP contribution is 2.27. The summed E-state index contributed by atoms with van der Waals surface area (Å²) in [5.74, 6) is 1.72. The lowest BCUT2D eigenvalue weighted by Crippen LogP contribution is -2.38. The van der Waals surface area contributed by atoms with Crippen molar-refractivity contribution >= 4 is 41.5 Å². The molecule has 0 aromatic heterocycles. The van der Waals surface area contributed by atoms with Gasteiger partial charge in [-0.2, -0.15) is 0 Å². The maximum Gasteiger partial charge on any atom is 0.191 e. The highest BCUT2D eigenvalue weighted by molar-refractivity contribution is 14.0. The van der Waals surface area contributed by atoms with Crippen LogP contribution in [-0.2, 0) is 6.54 Å². The second kappa shape index (κ2) is 8.64. The standard InChI is InChI=1S/C14H20ClN3.HI/c1-2-16-14(17-9-11-7-8-11)18-10-12-5-3-4-6-13(12)15;/h3-6,11H,2,7-10H2,1H3,(H2,16,17,18);1H. The van der Waals surface area contributed by atoms with Crippen molar-refractivity contribution in [3.8, 4) is 0 Å². The molecule has 1 aliphatic rings. The van der Waals surface area contributed by atoms with E-state index in [2.05, 4.69) is 22.5 Å². The molecule has 0 amide bonds. The molecule has 0 spiro atoms. The van der Waals surface area contributed by atoms with Gasteiger partial charge in [-0.15, -0.1) is 24.0 Å². The Labute approximate surface area is 137 Å². The van der Waals surface area contributed by atoms with Gasteiger partial charge in [0, 0.05) is 18.1 Å². The van der Waals surface area contributed by atoms with Crippen LogP contribution in [0.25, 0.3) is 0 Å². The molecule has 0 unspecified atom stereocenters. The molecule has 1 fully saturated rings. The lowest BCUT2D eigenvalue weighted by atomic mass is 10.2. The zero-order chi connectivity index (χ0) is 12.8. The van der Waals surface area contributed by atoms with E-state index in [0.29, 0.717) is 6.54 Å². The van der Waals surface area contributed by atoms with E-state index in [4.69, 9.17) is 11.6 Å². The van der Waals surface area contributed by atoms with Crippen LogP contribution in [0.5, 0.6) is 0 Å². The predicted molar refractivity (Wildman–Crippen MR) is 92.4 cm³/mol. The number of halogens is 2. The maximum absolute atomic E-state index is 6.11. The first-order valence-electron chi connectivity index (χ1n) is 6.55. The second-order valence-corrected chi connectivity index (χ2v) is 5.02. The smallest absolute Gasteiger partial charge is 0.191 e. The predicted octanol–water partition coefficient (Wildman–Crippen LogP) is 3.42. The fourth-order valence-corrected chi connectivity index (χ4v) is 1.89. The third-order valence-corrected chi connectivity index (χ3v) is 3.33. The number of nitrogens with zero attached hydrogens (tertiary/aromatic N) is 1. The first-order chi connectivity index (χ1) is 8.79. The summed E-state index contributed by atoms with van der Waals surface area (Å²) in [5, 5.41) is 7.40. The van der Waals surface area contributed by atoms with Crippen LogP contribution in [0.15, 0.2) is 29.3 Å². The zero-order valence-electron chi connectivity index (χ0n) is 11.2. The van der Waals surface area contributed by atoms with Crippen molar-refractivity contribution in [3.05, 3.63) is 34.9 Å². The van der Waals surface area contributed by atoms with Crippen molar-refractivity contribution in [1.29, 1.82) is 0 Å². The molecule has 2 N–H and O–H groups in total. The normalized spacial score (nSPS) is 14.7. The van der Waals surface area contributed by atoms with Crippen LogP contribution in [0.4, 0.5) is 0 Å². The molecular formula is C14H21ClIN3. The maximum atomic E-state index is 6.11. The summed E-state index contributed by atoms with van der Waals surface area (Å²) in [7, 11) is 0. The van der Waals surface area contributed by atoms with Crippen LogP contribution in [0.2, 0.25) is 5.02 Å². The Balaban J connectivity index is 0.00000180. The number of benzene rings is 1. The van der Waals surface area contributed by atoms with Crippen LogP contribution in [-0.4, -0.2) is 19.0 Å². The number of aliphatic imine (C=N–C) groups is 1. The van der Waals surface area contributed by atoms with E-state index in [9.17, 15) is 0 Å². The summed E-state index contributed by atoms with van der Waals surface area (Å²) in [5.41, 5.74) is 1.06. The minimum absolute atomic E-state index is 0. The Kier molecular flexibility index (Phi) is 7.53. The van der Waals surface area contributed by atoms with Gasteiger partial charge in [-0.1, -0.05) is 29.8 Å². The minimum Gasteiger partial charge on any atom is -0.357 e. The molecule has 1 saturated carbocycles. The quantitative estimate of drug-likeness (QED) is 0.457. The SMILES string of the molecule is CCNC(=NCc1ccccc1Cl)NCC1CC1.I. The average molecular weight is 394 g/mol. The van der Waals surface area contributed by atoms with Crippen LogP contribution >= 0.6 is 35.6 Å². The van der Waals surface area contributed by atoms with E-state index >= 15 is 0 Å². The Bertz CT molecular complexity index is 419. The first-order valence-corrected chi connectivity index (χ1v) is 6.93. The summed E-state index contributed by atoms with van der Waals surface area (Å²) < 4.78 is 0. The molecule has 1 aromatic carbocycles. The molecule has 1 aromatic rings. The van der Waals surface area contributed by atoms with Crippen LogP contribution in [0.1, 0.15) is 25.3 Å². The van der Waals surface area contributed by atoms with E-state index in [1.54, 1.807) is 0 Å². The Morgan fingerprint density at radius 3 is 2.68 bits per heavy atom. The Morgan fingerprint density at radius 1 is 1.32 bits per heavy atom. The van der Waals surface area contributed by atoms with Gasteiger partial charge in [-0.25, -0.2) is 4.99 Å². The molecule has 3 nitrogen and oxygen atoms in total. The van der Waals surface area contributed by atoms with Gasteiger partial charge < -0.3 is 10.6 Å². The highest BCUT2D eigenvalue weighted by Gasteiger charge is 2.20. The van der Waals surface area contributed by atoms with Gasteiger partial charge in [0.2, 0.25) is 0 Å². The summed E-state index contributed by atoms with van der Waals surface area (Å²) in [6.45, 7) is 4.58. The molecule has 0 bridgehead atoms. The van der Waals surface area contributed by atoms with Gasteiger partial charge in [-0.3, -0.25) is 0 Å². The monoisotopic (exact) mass is 393 g/mol. The van der Waals surface area contributed by atoms with Crippen molar-refractivity contribution in [3.63, 3.8) is 0 Å². The summed E-state index contributed by atoms with van der Waals surface area (Å²) in [6.07, 6.45) is 2.69. The molecule has 0 atom stereocenters. The molecule has 0 aliphatic heterocycles. The number of nitrogens with one attached hydrogen (secondary N) is 2. The van der Waals surface area contributed by atoms with Crippen molar-refractivity contribution in [2.24, 2.45) is 10.9 Å². The zero-order valence-corrected chi connectivity index (χ0v) is 14.2. The largest absolute Gasteiger partial charge is 0.357 e. The van der Waals surface area contributed by atoms with Gasteiger partial charge in [0.25, 0.3) is 0 Å². The summed E-state index contributed by atoms with van der Waals surface area (Å²) in [4.78, 5) is 4.55. The van der Waals surface area contributed by atoms with Crippen molar-refractivity contribution < 1.29 is 0 Å². The topological polar surface area (TPSA) is 36.4 Å². The van der Waals surface area contributed by atoms with E-state index < -0.39 is 0 Å². The summed E-state index contributed by atoms with van der Waals surface area (Å²) >= 11 is 6.11. The lowest BCUT2D eigenvalue weighted by Gasteiger charge is -2.11. The molecule has 0 radical (unpaired) electrons. The molecule has 0 saturated heterocycles. The van der Waals surface area contributed by atoms with Crippen LogP contribution in [0.3, 0.4) is 0 Å². The van der Waals surface area contributed by atoms with Crippen molar-refractivity contribution in [2.75, 3.05) is 13.1 Å². The van der Waals surface area contributed by atoms with Gasteiger partial charge >= 0.3 is 0 Å². The van der Waals surface area contributed by atoms with Crippen LogP contribution in [0, 0.1) is 5.92 Å². The average Bonchev–Trinajstić information content (AvgIpc) is 3.18. The molecule has 5 heteroatoms. The van der Waals surface area contributed by atoms with Crippen LogP contribution < -0.4 is 10.6 Å². The van der Waals surface area contributed by atoms with Gasteiger partial charge in [0.1, 0.15) is 0 Å².